The number of unbranched alkanes of at least 4 members (excludes halogenated alkanes) is 1. The Hall–Kier alpha value is -0.0800. The maximum atomic E-state index is 3.93. The topological polar surface area (TPSA) is 15.3 Å². The molecule has 0 bridgehead atoms. The Morgan fingerprint density at radius 3 is 2.65 bits per heavy atom. The summed E-state index contributed by atoms with van der Waals surface area (Å²) in [6, 6.07) is 1.54. The number of likely N-dealkylation sites (tertiary alicyclic amines) is 1. The van der Waals surface area contributed by atoms with Gasteiger partial charge in [-0.15, -0.1) is 0 Å². The summed E-state index contributed by atoms with van der Waals surface area (Å²) in [4.78, 5) is 2.47. The third kappa shape index (κ3) is 6.42. The Labute approximate surface area is 108 Å². The van der Waals surface area contributed by atoms with E-state index in [0.717, 1.165) is 12.1 Å². The molecule has 0 aromatic rings. The molecule has 102 valence electrons. The molecule has 1 heterocycles. The molecule has 1 rings (SSSR count). The van der Waals surface area contributed by atoms with Crippen molar-refractivity contribution in [3.63, 3.8) is 0 Å². The van der Waals surface area contributed by atoms with Crippen LogP contribution in [0.5, 0.6) is 0 Å². The molecule has 0 spiro atoms. The highest BCUT2D eigenvalue weighted by molar-refractivity contribution is 4.78. The van der Waals surface area contributed by atoms with Crippen LogP contribution in [-0.4, -0.2) is 37.1 Å². The Kier molecular flexibility index (Phi) is 7.87. The average molecular weight is 240 g/mol. The van der Waals surface area contributed by atoms with Crippen LogP contribution in [0.1, 0.15) is 65.2 Å². The van der Waals surface area contributed by atoms with Gasteiger partial charge in [-0.3, -0.25) is 0 Å². The van der Waals surface area contributed by atoms with E-state index in [9.17, 15) is 0 Å². The van der Waals surface area contributed by atoms with Gasteiger partial charge in [-0.2, -0.15) is 0 Å². The zero-order valence-electron chi connectivity index (χ0n) is 12.2. The first-order valence-corrected chi connectivity index (χ1v) is 7.70. The van der Waals surface area contributed by atoms with Gasteiger partial charge >= 0.3 is 0 Å². The van der Waals surface area contributed by atoms with E-state index >= 15 is 0 Å². The minimum Gasteiger partial charge on any atom is -0.311 e. The van der Waals surface area contributed by atoms with Crippen molar-refractivity contribution in [1.82, 2.24) is 10.2 Å². The van der Waals surface area contributed by atoms with Crippen LogP contribution < -0.4 is 5.32 Å². The summed E-state index contributed by atoms with van der Waals surface area (Å²) in [6.07, 6.45) is 10.8. The van der Waals surface area contributed by atoms with E-state index in [4.69, 9.17) is 0 Å². The SMILES string of the molecule is CCCCC(CCC)NC1CCCN(C)CC1. The van der Waals surface area contributed by atoms with E-state index in [1.807, 2.05) is 0 Å². The molecular weight excluding hydrogens is 208 g/mol. The van der Waals surface area contributed by atoms with Crippen LogP contribution in [0.15, 0.2) is 0 Å². The number of nitrogens with one attached hydrogen (secondary N) is 1. The minimum atomic E-state index is 0.772. The van der Waals surface area contributed by atoms with E-state index in [1.165, 1.54) is 64.5 Å². The summed E-state index contributed by atoms with van der Waals surface area (Å²) >= 11 is 0. The van der Waals surface area contributed by atoms with Gasteiger partial charge in [-0.25, -0.2) is 0 Å². The third-order valence-corrected chi connectivity index (χ3v) is 3.97. The largest absolute Gasteiger partial charge is 0.311 e. The number of hydrogen-bond acceptors (Lipinski definition) is 2. The van der Waals surface area contributed by atoms with Crippen molar-refractivity contribution in [2.75, 3.05) is 20.1 Å². The highest BCUT2D eigenvalue weighted by atomic mass is 15.1. The monoisotopic (exact) mass is 240 g/mol. The molecule has 1 aliphatic heterocycles. The quantitative estimate of drug-likeness (QED) is 0.733. The maximum Gasteiger partial charge on any atom is 0.00823 e. The van der Waals surface area contributed by atoms with Crippen molar-refractivity contribution in [3.05, 3.63) is 0 Å². The highest BCUT2D eigenvalue weighted by Crippen LogP contribution is 2.14. The molecule has 17 heavy (non-hydrogen) atoms. The van der Waals surface area contributed by atoms with E-state index in [0.29, 0.717) is 0 Å². The van der Waals surface area contributed by atoms with Gasteiger partial charge in [0.2, 0.25) is 0 Å². The van der Waals surface area contributed by atoms with E-state index in [-0.39, 0.29) is 0 Å². The minimum absolute atomic E-state index is 0.772. The normalized spacial score (nSPS) is 24.5. The highest BCUT2D eigenvalue weighted by Gasteiger charge is 2.17. The van der Waals surface area contributed by atoms with Crippen LogP contribution in [0.2, 0.25) is 0 Å². The molecule has 2 atom stereocenters. The molecule has 2 heteroatoms. The lowest BCUT2D eigenvalue weighted by molar-refractivity contribution is 0.329. The second kappa shape index (κ2) is 8.93. The summed E-state index contributed by atoms with van der Waals surface area (Å²) in [6.45, 7) is 7.15. The van der Waals surface area contributed by atoms with Crippen LogP contribution in [0.25, 0.3) is 0 Å². The van der Waals surface area contributed by atoms with Crippen LogP contribution in [0.4, 0.5) is 0 Å². The van der Waals surface area contributed by atoms with Crippen molar-refractivity contribution in [3.8, 4) is 0 Å². The predicted octanol–water partition coefficient (Wildman–Crippen LogP) is 3.42. The summed E-state index contributed by atoms with van der Waals surface area (Å²) in [5.74, 6) is 0. The summed E-state index contributed by atoms with van der Waals surface area (Å²) in [5, 5.41) is 3.93. The fourth-order valence-corrected chi connectivity index (χ4v) is 2.85. The van der Waals surface area contributed by atoms with E-state index in [1.54, 1.807) is 0 Å². The molecular formula is C15H32N2. The first-order chi connectivity index (χ1) is 8.26. The van der Waals surface area contributed by atoms with Crippen LogP contribution in [-0.2, 0) is 0 Å². The molecule has 0 radical (unpaired) electrons. The number of nitrogens with zero attached hydrogens (tertiary/aromatic N) is 1. The Balaban J connectivity index is 2.31. The number of rotatable bonds is 7. The molecule has 0 aromatic carbocycles. The van der Waals surface area contributed by atoms with Gasteiger partial charge in [-0.05, 0) is 52.2 Å². The van der Waals surface area contributed by atoms with E-state index < -0.39 is 0 Å². The third-order valence-electron chi connectivity index (χ3n) is 3.97. The molecule has 1 N–H and O–H groups in total. The zero-order chi connectivity index (χ0) is 12.5. The average Bonchev–Trinajstić information content (AvgIpc) is 2.52. The zero-order valence-corrected chi connectivity index (χ0v) is 12.2. The second-order valence-electron chi connectivity index (χ2n) is 5.73. The molecule has 0 aromatic heterocycles. The summed E-state index contributed by atoms with van der Waals surface area (Å²) in [7, 11) is 2.25. The van der Waals surface area contributed by atoms with Gasteiger partial charge in [0.05, 0.1) is 0 Å². The van der Waals surface area contributed by atoms with Gasteiger partial charge in [0.25, 0.3) is 0 Å². The molecule has 2 nitrogen and oxygen atoms in total. The molecule has 0 aliphatic carbocycles. The molecule has 0 saturated carbocycles. The van der Waals surface area contributed by atoms with Crippen molar-refractivity contribution in [1.29, 1.82) is 0 Å². The van der Waals surface area contributed by atoms with Gasteiger partial charge < -0.3 is 10.2 Å². The van der Waals surface area contributed by atoms with Gasteiger partial charge in [0.1, 0.15) is 0 Å². The van der Waals surface area contributed by atoms with Gasteiger partial charge in [0.15, 0.2) is 0 Å². The van der Waals surface area contributed by atoms with Crippen molar-refractivity contribution in [2.24, 2.45) is 0 Å². The molecule has 1 fully saturated rings. The molecule has 2 unspecified atom stereocenters. The number of hydrogen-bond donors (Lipinski definition) is 1. The lowest BCUT2D eigenvalue weighted by Crippen LogP contribution is -2.38. The first-order valence-electron chi connectivity index (χ1n) is 7.70. The summed E-state index contributed by atoms with van der Waals surface area (Å²) in [5.41, 5.74) is 0. The Bertz CT molecular complexity index is 180. The van der Waals surface area contributed by atoms with Gasteiger partial charge in [0, 0.05) is 12.1 Å². The van der Waals surface area contributed by atoms with Gasteiger partial charge in [-0.1, -0.05) is 33.1 Å². The fraction of sp³-hybridized carbons (Fsp3) is 1.00. The summed E-state index contributed by atoms with van der Waals surface area (Å²) < 4.78 is 0. The fourth-order valence-electron chi connectivity index (χ4n) is 2.85. The van der Waals surface area contributed by atoms with Crippen molar-refractivity contribution in [2.45, 2.75) is 77.3 Å². The maximum absolute atomic E-state index is 3.93. The van der Waals surface area contributed by atoms with Crippen molar-refractivity contribution >= 4 is 0 Å². The second-order valence-corrected chi connectivity index (χ2v) is 5.73. The molecule has 1 aliphatic rings. The molecule has 0 amide bonds. The van der Waals surface area contributed by atoms with E-state index in [2.05, 4.69) is 31.1 Å². The Morgan fingerprint density at radius 1 is 1.12 bits per heavy atom. The van der Waals surface area contributed by atoms with Crippen LogP contribution in [0, 0.1) is 0 Å². The van der Waals surface area contributed by atoms with Crippen LogP contribution in [0.3, 0.4) is 0 Å². The molecule has 1 saturated heterocycles. The lowest BCUT2D eigenvalue weighted by atomic mass is 10.0. The van der Waals surface area contributed by atoms with Crippen LogP contribution >= 0.6 is 0 Å². The smallest absolute Gasteiger partial charge is 0.00823 e. The standard InChI is InChI=1S/C15H32N2/c1-4-6-9-14(8-5-2)16-15-10-7-12-17(3)13-11-15/h14-16H,4-13H2,1-3H3. The first kappa shape index (κ1) is 15.0. The predicted molar refractivity (Wildman–Crippen MR) is 76.5 cm³/mol. The van der Waals surface area contributed by atoms with Crippen molar-refractivity contribution < 1.29 is 0 Å². The lowest BCUT2D eigenvalue weighted by Gasteiger charge is -2.25. The Morgan fingerprint density at radius 2 is 1.94 bits per heavy atom.